The van der Waals surface area contributed by atoms with Gasteiger partial charge >= 0.3 is 0 Å². The molecule has 0 saturated heterocycles. The third-order valence-electron chi connectivity index (χ3n) is 3.28. The maximum absolute atomic E-state index is 12.5. The first kappa shape index (κ1) is 13.3. The molecule has 0 spiro atoms. The highest BCUT2D eigenvalue weighted by Gasteiger charge is 2.20. The van der Waals surface area contributed by atoms with Crippen LogP contribution in [0.25, 0.3) is 0 Å². The van der Waals surface area contributed by atoms with Crippen LogP contribution >= 0.6 is 0 Å². The molecule has 2 rings (SSSR count). The zero-order valence-corrected chi connectivity index (χ0v) is 11.3. The Bertz CT molecular complexity index is 546. The SMILES string of the molecule is CCC(C(=O)c1ccccc1)c1cccc(OC)c1. The molecule has 0 N–H and O–H groups in total. The van der Waals surface area contributed by atoms with Gasteiger partial charge in [-0.3, -0.25) is 4.79 Å². The molecule has 0 aliphatic carbocycles. The van der Waals surface area contributed by atoms with Crippen molar-refractivity contribution in [1.82, 2.24) is 0 Å². The van der Waals surface area contributed by atoms with E-state index in [2.05, 4.69) is 0 Å². The van der Waals surface area contributed by atoms with Gasteiger partial charge in [-0.15, -0.1) is 0 Å². The van der Waals surface area contributed by atoms with Crippen LogP contribution in [-0.4, -0.2) is 12.9 Å². The fourth-order valence-corrected chi connectivity index (χ4v) is 2.23. The third kappa shape index (κ3) is 3.02. The Labute approximate surface area is 114 Å². The van der Waals surface area contributed by atoms with E-state index >= 15 is 0 Å². The van der Waals surface area contributed by atoms with Crippen LogP contribution in [0.15, 0.2) is 54.6 Å². The number of carbonyl (C=O) groups excluding carboxylic acids is 1. The van der Waals surface area contributed by atoms with E-state index in [0.717, 1.165) is 23.3 Å². The lowest BCUT2D eigenvalue weighted by Crippen LogP contribution is -2.12. The predicted molar refractivity (Wildman–Crippen MR) is 76.8 cm³/mol. The summed E-state index contributed by atoms with van der Waals surface area (Å²) < 4.78 is 5.22. The van der Waals surface area contributed by atoms with Crippen LogP contribution in [0, 0.1) is 0 Å². The Hall–Kier alpha value is -2.09. The normalized spacial score (nSPS) is 11.9. The summed E-state index contributed by atoms with van der Waals surface area (Å²) in [6.07, 6.45) is 0.779. The van der Waals surface area contributed by atoms with Gasteiger partial charge in [0.25, 0.3) is 0 Å². The van der Waals surface area contributed by atoms with E-state index in [-0.39, 0.29) is 11.7 Å². The highest BCUT2D eigenvalue weighted by molar-refractivity contribution is 6.00. The number of hydrogen-bond donors (Lipinski definition) is 0. The second-order valence-corrected chi connectivity index (χ2v) is 4.47. The van der Waals surface area contributed by atoms with Crippen molar-refractivity contribution in [3.63, 3.8) is 0 Å². The van der Waals surface area contributed by atoms with Gasteiger partial charge < -0.3 is 4.74 Å². The quantitative estimate of drug-likeness (QED) is 0.752. The summed E-state index contributed by atoms with van der Waals surface area (Å²) in [4.78, 5) is 12.5. The number of benzene rings is 2. The largest absolute Gasteiger partial charge is 0.497 e. The van der Waals surface area contributed by atoms with Crippen molar-refractivity contribution in [1.29, 1.82) is 0 Å². The van der Waals surface area contributed by atoms with Gasteiger partial charge in [0.2, 0.25) is 0 Å². The summed E-state index contributed by atoms with van der Waals surface area (Å²) in [7, 11) is 1.64. The molecule has 0 bridgehead atoms. The second-order valence-electron chi connectivity index (χ2n) is 4.47. The molecule has 2 aromatic carbocycles. The van der Waals surface area contributed by atoms with E-state index in [1.165, 1.54) is 0 Å². The van der Waals surface area contributed by atoms with Crippen LogP contribution in [0.5, 0.6) is 5.75 Å². The lowest BCUT2D eigenvalue weighted by atomic mass is 9.88. The van der Waals surface area contributed by atoms with E-state index < -0.39 is 0 Å². The van der Waals surface area contributed by atoms with Gasteiger partial charge in [0.05, 0.1) is 7.11 Å². The number of ketones is 1. The van der Waals surface area contributed by atoms with E-state index in [4.69, 9.17) is 4.74 Å². The van der Waals surface area contributed by atoms with Gasteiger partial charge in [-0.1, -0.05) is 49.4 Å². The Morgan fingerprint density at radius 3 is 2.47 bits per heavy atom. The predicted octanol–water partition coefficient (Wildman–Crippen LogP) is 4.07. The summed E-state index contributed by atoms with van der Waals surface area (Å²) in [5.41, 5.74) is 1.77. The third-order valence-corrected chi connectivity index (χ3v) is 3.28. The van der Waals surface area contributed by atoms with Crippen molar-refractivity contribution in [3.8, 4) is 5.75 Å². The molecule has 0 heterocycles. The maximum atomic E-state index is 12.5. The molecule has 0 saturated carbocycles. The molecule has 0 radical (unpaired) electrons. The first-order chi connectivity index (χ1) is 9.26. The summed E-state index contributed by atoms with van der Waals surface area (Å²) >= 11 is 0. The molecule has 2 aromatic rings. The molecule has 0 aliphatic rings. The molecule has 0 amide bonds. The molecule has 1 atom stereocenters. The van der Waals surface area contributed by atoms with Crippen LogP contribution in [0.3, 0.4) is 0 Å². The molecule has 2 heteroatoms. The van der Waals surface area contributed by atoms with Crippen molar-refractivity contribution in [3.05, 3.63) is 65.7 Å². The van der Waals surface area contributed by atoms with Gasteiger partial charge in [-0.25, -0.2) is 0 Å². The fraction of sp³-hybridized carbons (Fsp3) is 0.235. The van der Waals surface area contributed by atoms with Crippen LogP contribution in [-0.2, 0) is 0 Å². The standard InChI is InChI=1S/C17H18O2/c1-3-16(14-10-7-11-15(12-14)19-2)17(18)13-8-5-4-6-9-13/h4-12,16H,3H2,1-2H3. The summed E-state index contributed by atoms with van der Waals surface area (Å²) in [5.74, 6) is 0.839. The number of Topliss-reactive ketones (excluding diaryl/α,β-unsaturated/α-hetero) is 1. The Morgan fingerprint density at radius 1 is 1.11 bits per heavy atom. The first-order valence-corrected chi connectivity index (χ1v) is 6.49. The van der Waals surface area contributed by atoms with Crippen LogP contribution in [0.2, 0.25) is 0 Å². The minimum Gasteiger partial charge on any atom is -0.497 e. The molecule has 0 fully saturated rings. The zero-order chi connectivity index (χ0) is 13.7. The number of carbonyl (C=O) groups is 1. The molecular weight excluding hydrogens is 236 g/mol. The zero-order valence-electron chi connectivity index (χ0n) is 11.3. The number of methoxy groups -OCH3 is 1. The van der Waals surface area contributed by atoms with Crippen molar-refractivity contribution in [2.45, 2.75) is 19.3 Å². The van der Waals surface area contributed by atoms with E-state index in [9.17, 15) is 4.79 Å². The Kier molecular flexibility index (Phi) is 4.35. The molecule has 2 nitrogen and oxygen atoms in total. The summed E-state index contributed by atoms with van der Waals surface area (Å²) in [5, 5.41) is 0. The lowest BCUT2D eigenvalue weighted by Gasteiger charge is -2.15. The molecular formula is C17H18O2. The van der Waals surface area contributed by atoms with Gasteiger partial charge in [0.1, 0.15) is 5.75 Å². The van der Waals surface area contributed by atoms with Crippen molar-refractivity contribution < 1.29 is 9.53 Å². The Morgan fingerprint density at radius 2 is 1.84 bits per heavy atom. The first-order valence-electron chi connectivity index (χ1n) is 6.49. The number of rotatable bonds is 5. The van der Waals surface area contributed by atoms with Crippen molar-refractivity contribution in [2.24, 2.45) is 0 Å². The number of hydrogen-bond acceptors (Lipinski definition) is 2. The molecule has 1 unspecified atom stereocenters. The van der Waals surface area contributed by atoms with Crippen molar-refractivity contribution in [2.75, 3.05) is 7.11 Å². The maximum Gasteiger partial charge on any atom is 0.170 e. The topological polar surface area (TPSA) is 26.3 Å². The van der Waals surface area contributed by atoms with E-state index in [1.54, 1.807) is 7.11 Å². The minimum absolute atomic E-state index is 0.113. The minimum atomic E-state index is -0.113. The summed E-state index contributed by atoms with van der Waals surface area (Å²) in [6.45, 7) is 2.03. The molecule has 0 aromatic heterocycles. The van der Waals surface area contributed by atoms with Crippen molar-refractivity contribution >= 4 is 5.78 Å². The highest BCUT2D eigenvalue weighted by Crippen LogP contribution is 2.26. The average Bonchev–Trinajstić information content (AvgIpc) is 2.49. The Balaban J connectivity index is 2.31. The van der Waals surface area contributed by atoms with Crippen LogP contribution < -0.4 is 4.74 Å². The molecule has 19 heavy (non-hydrogen) atoms. The molecule has 0 aliphatic heterocycles. The lowest BCUT2D eigenvalue weighted by molar-refractivity contribution is 0.0957. The fourth-order valence-electron chi connectivity index (χ4n) is 2.23. The highest BCUT2D eigenvalue weighted by atomic mass is 16.5. The van der Waals surface area contributed by atoms with Gasteiger partial charge in [0, 0.05) is 11.5 Å². The molecule has 98 valence electrons. The van der Waals surface area contributed by atoms with Gasteiger partial charge in [-0.2, -0.15) is 0 Å². The monoisotopic (exact) mass is 254 g/mol. The van der Waals surface area contributed by atoms with Gasteiger partial charge in [0.15, 0.2) is 5.78 Å². The van der Waals surface area contributed by atoms with E-state index in [1.807, 2.05) is 61.5 Å². The van der Waals surface area contributed by atoms with Gasteiger partial charge in [-0.05, 0) is 24.1 Å². The smallest absolute Gasteiger partial charge is 0.170 e. The average molecular weight is 254 g/mol. The summed E-state index contributed by atoms with van der Waals surface area (Å²) in [6, 6.07) is 17.2. The second kappa shape index (κ2) is 6.19. The van der Waals surface area contributed by atoms with Crippen LogP contribution in [0.1, 0.15) is 35.2 Å². The number of ether oxygens (including phenoxy) is 1. The van der Waals surface area contributed by atoms with Crippen LogP contribution in [0.4, 0.5) is 0 Å². The van der Waals surface area contributed by atoms with E-state index in [0.29, 0.717) is 0 Å².